The summed E-state index contributed by atoms with van der Waals surface area (Å²) in [5.41, 5.74) is 2.55. The van der Waals surface area contributed by atoms with Gasteiger partial charge in [0.2, 0.25) is 0 Å². The van der Waals surface area contributed by atoms with Crippen LogP contribution in [0.1, 0.15) is 26.9 Å². The van der Waals surface area contributed by atoms with Gasteiger partial charge in [-0.25, -0.2) is 0 Å². The highest BCUT2D eigenvalue weighted by Gasteiger charge is 2.48. The van der Waals surface area contributed by atoms with Gasteiger partial charge < -0.3 is 33.9 Å². The molecule has 0 saturated carbocycles. The molecule has 0 aliphatic carbocycles. The molecule has 12 heteroatoms. The molecule has 5 unspecified atom stereocenters. The van der Waals surface area contributed by atoms with Gasteiger partial charge in [0.1, 0.15) is 24.4 Å². The summed E-state index contributed by atoms with van der Waals surface area (Å²) in [6, 6.07) is 10.5. The lowest BCUT2D eigenvalue weighted by Crippen LogP contribution is -2.57. The number of benzene rings is 3. The van der Waals surface area contributed by atoms with Crippen molar-refractivity contribution in [2.24, 2.45) is 7.05 Å². The fourth-order valence-corrected chi connectivity index (χ4v) is 7.30. The number of hydrogen-bond acceptors (Lipinski definition) is 7. The molecule has 1 fully saturated rings. The first-order valence-electron chi connectivity index (χ1n) is 13.0. The second-order valence-corrected chi connectivity index (χ2v) is 11.3. The number of methoxy groups -OCH3 is 1. The number of ether oxygens (including phenoxy) is 2. The van der Waals surface area contributed by atoms with Crippen LogP contribution in [0.5, 0.6) is 0 Å². The van der Waals surface area contributed by atoms with Crippen LogP contribution in [0.2, 0.25) is 10.0 Å². The minimum absolute atomic E-state index is 0.206. The van der Waals surface area contributed by atoms with Crippen LogP contribution in [-0.4, -0.2) is 86.3 Å². The first-order valence-corrected chi connectivity index (χ1v) is 13.7. The molecule has 2 aromatic heterocycles. The number of halogens is 2. The fraction of sp³-hybridized carbons (Fsp3) is 0.310. The van der Waals surface area contributed by atoms with E-state index in [2.05, 4.69) is 0 Å². The Kier molecular flexibility index (Phi) is 5.94. The topological polar surface area (TPSA) is 126 Å². The molecule has 10 nitrogen and oxygen atoms in total. The van der Waals surface area contributed by atoms with Crippen molar-refractivity contribution in [1.82, 2.24) is 14.0 Å². The molecule has 3 N–H and O–H groups in total. The number of para-hydroxylation sites is 2. The molecule has 5 aromatic rings. The maximum atomic E-state index is 13.7. The average molecular weight is 598 g/mol. The normalized spacial score (nSPS) is 25.0. The summed E-state index contributed by atoms with van der Waals surface area (Å²) >= 11 is 13.5. The summed E-state index contributed by atoms with van der Waals surface area (Å²) in [7, 11) is 4.60. The average Bonchev–Trinajstić information content (AvgIpc) is 3.53. The van der Waals surface area contributed by atoms with Crippen molar-refractivity contribution in [3.63, 3.8) is 0 Å². The third-order valence-corrected chi connectivity index (χ3v) is 9.13. The van der Waals surface area contributed by atoms with Crippen LogP contribution in [0.3, 0.4) is 0 Å². The van der Waals surface area contributed by atoms with Gasteiger partial charge in [-0.2, -0.15) is 0 Å². The van der Waals surface area contributed by atoms with Gasteiger partial charge in [-0.05, 0) is 12.1 Å². The molecule has 2 aliphatic heterocycles. The lowest BCUT2D eigenvalue weighted by Gasteiger charge is -2.42. The van der Waals surface area contributed by atoms with E-state index in [-0.39, 0.29) is 11.1 Å². The van der Waals surface area contributed by atoms with Crippen molar-refractivity contribution in [3.8, 4) is 0 Å². The number of aliphatic hydroxyl groups is 3. The Morgan fingerprint density at radius 3 is 2.00 bits per heavy atom. The van der Waals surface area contributed by atoms with Gasteiger partial charge in [-0.1, -0.05) is 47.5 Å². The molecule has 212 valence electrons. The lowest BCUT2D eigenvalue weighted by molar-refractivity contribution is -0.255. The number of rotatable bonds is 3. The number of aryl methyl sites for hydroxylation is 1. The van der Waals surface area contributed by atoms with Gasteiger partial charge in [0.25, 0.3) is 11.8 Å². The molecule has 41 heavy (non-hydrogen) atoms. The molecule has 3 aromatic carbocycles. The number of aliphatic hydroxyl groups excluding tert-OH is 3. The van der Waals surface area contributed by atoms with Crippen molar-refractivity contribution in [3.05, 3.63) is 57.6 Å². The Morgan fingerprint density at radius 1 is 0.854 bits per heavy atom. The van der Waals surface area contributed by atoms with E-state index in [0.717, 1.165) is 4.90 Å². The third kappa shape index (κ3) is 3.26. The van der Waals surface area contributed by atoms with E-state index in [0.29, 0.717) is 53.7 Å². The number of amides is 2. The molecule has 0 spiro atoms. The molecule has 5 atom stereocenters. The van der Waals surface area contributed by atoms with E-state index in [1.165, 1.54) is 14.2 Å². The highest BCUT2D eigenvalue weighted by Crippen LogP contribution is 2.49. The third-order valence-electron chi connectivity index (χ3n) is 8.52. The monoisotopic (exact) mass is 597 g/mol. The van der Waals surface area contributed by atoms with Gasteiger partial charge in [0.05, 0.1) is 49.8 Å². The first kappa shape index (κ1) is 26.7. The zero-order valence-electron chi connectivity index (χ0n) is 22.1. The molecule has 2 amide bonds. The van der Waals surface area contributed by atoms with Crippen LogP contribution >= 0.6 is 23.2 Å². The number of carbonyl (C=O) groups is 2. The summed E-state index contributed by atoms with van der Waals surface area (Å²) < 4.78 is 15.1. The highest BCUT2D eigenvalue weighted by atomic mass is 35.5. The highest BCUT2D eigenvalue weighted by molar-refractivity contribution is 6.43. The first-order chi connectivity index (χ1) is 19.6. The van der Waals surface area contributed by atoms with E-state index in [4.69, 9.17) is 32.7 Å². The zero-order chi connectivity index (χ0) is 29.1. The Bertz CT molecular complexity index is 1960. The predicted molar refractivity (Wildman–Crippen MR) is 154 cm³/mol. The molecule has 7 rings (SSSR count). The Labute approximate surface area is 242 Å². The maximum absolute atomic E-state index is 13.7. The number of carbonyl (C=O) groups excluding carboxylic acids is 2. The van der Waals surface area contributed by atoms with E-state index in [1.807, 2.05) is 10.6 Å². The Morgan fingerprint density at radius 2 is 1.41 bits per heavy atom. The van der Waals surface area contributed by atoms with Crippen molar-refractivity contribution in [1.29, 1.82) is 0 Å². The number of fused-ring (bicyclic) bond motifs is 10. The van der Waals surface area contributed by atoms with Crippen LogP contribution in [0.25, 0.3) is 43.6 Å². The van der Waals surface area contributed by atoms with Crippen molar-refractivity contribution in [2.75, 3.05) is 20.8 Å². The number of nitrogens with zero attached hydrogens (tertiary/aromatic N) is 3. The summed E-state index contributed by atoms with van der Waals surface area (Å²) in [4.78, 5) is 28.5. The van der Waals surface area contributed by atoms with Crippen molar-refractivity contribution >= 4 is 78.6 Å². The van der Waals surface area contributed by atoms with E-state index in [9.17, 15) is 24.9 Å². The maximum Gasteiger partial charge on any atom is 0.262 e. The minimum atomic E-state index is -1.51. The molecule has 2 aliphatic rings. The van der Waals surface area contributed by atoms with Crippen LogP contribution in [0, 0.1) is 0 Å². The van der Waals surface area contributed by atoms with Crippen LogP contribution < -0.4 is 0 Å². The van der Waals surface area contributed by atoms with E-state index < -0.39 is 49.1 Å². The van der Waals surface area contributed by atoms with Crippen LogP contribution in [0.4, 0.5) is 0 Å². The predicted octanol–water partition coefficient (Wildman–Crippen LogP) is 3.60. The summed E-state index contributed by atoms with van der Waals surface area (Å²) in [6.07, 6.45) is -6.18. The summed E-state index contributed by atoms with van der Waals surface area (Å²) in [5.74, 6) is -0.923. The molecular weight excluding hydrogens is 573 g/mol. The van der Waals surface area contributed by atoms with Gasteiger partial charge >= 0.3 is 0 Å². The zero-order valence-corrected chi connectivity index (χ0v) is 23.6. The van der Waals surface area contributed by atoms with Crippen molar-refractivity contribution < 1.29 is 34.4 Å². The quantitative estimate of drug-likeness (QED) is 0.271. The smallest absolute Gasteiger partial charge is 0.262 e. The number of aromatic nitrogens is 2. The molecule has 0 bridgehead atoms. The number of imide groups is 1. The van der Waals surface area contributed by atoms with Crippen LogP contribution in [-0.2, 0) is 16.5 Å². The largest absolute Gasteiger partial charge is 0.394 e. The van der Waals surface area contributed by atoms with Gasteiger partial charge in [0.15, 0.2) is 6.23 Å². The molecule has 4 heterocycles. The van der Waals surface area contributed by atoms with Gasteiger partial charge in [-0.3, -0.25) is 14.5 Å². The van der Waals surface area contributed by atoms with Crippen molar-refractivity contribution in [2.45, 2.75) is 30.6 Å². The Balaban J connectivity index is 1.75. The minimum Gasteiger partial charge on any atom is -0.394 e. The van der Waals surface area contributed by atoms with Gasteiger partial charge in [-0.15, -0.1) is 0 Å². The van der Waals surface area contributed by atoms with Gasteiger partial charge in [0, 0.05) is 42.8 Å². The van der Waals surface area contributed by atoms with E-state index >= 15 is 0 Å². The standard InChI is InChI=1S/C29H25Cl2N3O7/c1-32-20-11(6-4-8-13(20)30)16-18-19(28(39)33(2)27(18)38)17-12-7-5-9-14(31)21(12)34(23(17)22(16)32)29-25(37)24(36)26(40-3)15(10-35)41-29/h4-9,15,24-26,29,35-37H,10H2,1-3H3. The SMILES string of the molecule is COC1C(CO)OC(n2c3c(Cl)cccc3c3c4c(c5c6cccc(Cl)c6n(C)c5c32)C(=O)N(C)C4=O)C(O)C1O. The van der Waals surface area contributed by atoms with Crippen LogP contribution in [0.15, 0.2) is 36.4 Å². The molecule has 0 radical (unpaired) electrons. The molecular formula is C29H25Cl2N3O7. The molecule has 1 saturated heterocycles. The van der Waals surface area contributed by atoms with E-state index in [1.54, 1.807) is 41.9 Å². The second-order valence-electron chi connectivity index (χ2n) is 10.5. The number of hydrogen-bond donors (Lipinski definition) is 3. The second kappa shape index (κ2) is 9.14. The summed E-state index contributed by atoms with van der Waals surface area (Å²) in [6.45, 7) is -0.490. The summed E-state index contributed by atoms with van der Waals surface area (Å²) in [5, 5.41) is 35.6. The fourth-order valence-electron chi connectivity index (χ4n) is 6.73. The lowest BCUT2D eigenvalue weighted by atomic mass is 9.96. The Hall–Kier alpha value is -3.22.